The molecule has 0 amide bonds. The predicted molar refractivity (Wildman–Crippen MR) is 70.9 cm³/mol. The first-order valence-corrected chi connectivity index (χ1v) is 8.78. The second-order valence-corrected chi connectivity index (χ2v) is 7.84. The number of thiophene rings is 1. The molecular weight excluding hydrogens is 280 g/mol. The summed E-state index contributed by atoms with van der Waals surface area (Å²) >= 11 is 2.54. The van der Waals surface area contributed by atoms with Gasteiger partial charge in [0, 0.05) is 21.8 Å². The van der Waals surface area contributed by atoms with Crippen molar-refractivity contribution in [1.82, 2.24) is 0 Å². The van der Waals surface area contributed by atoms with Gasteiger partial charge in [-0.3, -0.25) is 0 Å². The third-order valence-electron chi connectivity index (χ3n) is 1.96. The first-order chi connectivity index (χ1) is 7.94. The van der Waals surface area contributed by atoms with Gasteiger partial charge >= 0.3 is 5.97 Å². The second kappa shape index (κ2) is 6.42. The van der Waals surface area contributed by atoms with Gasteiger partial charge in [-0.25, -0.2) is 13.2 Å². The maximum atomic E-state index is 11.4. The van der Waals surface area contributed by atoms with E-state index in [1.54, 1.807) is 11.4 Å². The number of aromatic carboxylic acids is 1. The standard InChI is InChI=1S/C10H14O4S3/c1-2-4-17(13,14)5-3-15-8-6-9(10(11)12)16-7-8/h6-7H,2-5H2,1H3,(H,11,12). The lowest BCUT2D eigenvalue weighted by atomic mass is 10.5. The van der Waals surface area contributed by atoms with Crippen molar-refractivity contribution in [2.75, 3.05) is 17.3 Å². The monoisotopic (exact) mass is 294 g/mol. The zero-order chi connectivity index (χ0) is 12.9. The Labute approximate surface area is 109 Å². The molecule has 4 nitrogen and oxygen atoms in total. The molecule has 17 heavy (non-hydrogen) atoms. The van der Waals surface area contributed by atoms with Gasteiger partial charge in [0.05, 0.1) is 5.75 Å². The Hall–Kier alpha value is -0.530. The van der Waals surface area contributed by atoms with Crippen LogP contribution in [0.2, 0.25) is 0 Å². The number of thioether (sulfide) groups is 1. The van der Waals surface area contributed by atoms with Gasteiger partial charge in [-0.15, -0.1) is 23.1 Å². The molecule has 0 spiro atoms. The zero-order valence-electron chi connectivity index (χ0n) is 9.38. The summed E-state index contributed by atoms with van der Waals surface area (Å²) in [5.41, 5.74) is 0. The van der Waals surface area contributed by atoms with E-state index in [1.807, 2.05) is 6.92 Å². The van der Waals surface area contributed by atoms with Crippen molar-refractivity contribution >= 4 is 38.9 Å². The van der Waals surface area contributed by atoms with Crippen LogP contribution in [0.1, 0.15) is 23.0 Å². The average molecular weight is 294 g/mol. The Morgan fingerprint density at radius 2 is 2.18 bits per heavy atom. The summed E-state index contributed by atoms with van der Waals surface area (Å²) in [5, 5.41) is 10.5. The Morgan fingerprint density at radius 1 is 1.47 bits per heavy atom. The van der Waals surface area contributed by atoms with Gasteiger partial charge in [-0.05, 0) is 12.5 Å². The van der Waals surface area contributed by atoms with Crippen LogP contribution in [0.5, 0.6) is 0 Å². The van der Waals surface area contributed by atoms with Gasteiger partial charge in [0.15, 0.2) is 9.84 Å². The summed E-state index contributed by atoms with van der Waals surface area (Å²) in [4.78, 5) is 11.7. The van der Waals surface area contributed by atoms with Crippen molar-refractivity contribution < 1.29 is 18.3 Å². The average Bonchev–Trinajstić information content (AvgIpc) is 2.66. The van der Waals surface area contributed by atoms with Crippen LogP contribution in [-0.2, 0) is 9.84 Å². The molecule has 0 fully saturated rings. The molecule has 1 aromatic rings. The number of sulfone groups is 1. The van der Waals surface area contributed by atoms with Gasteiger partial charge < -0.3 is 5.11 Å². The van der Waals surface area contributed by atoms with E-state index in [0.717, 1.165) is 16.2 Å². The highest BCUT2D eigenvalue weighted by Crippen LogP contribution is 2.24. The fourth-order valence-electron chi connectivity index (χ4n) is 1.21. The SMILES string of the molecule is CCCS(=O)(=O)CCSc1csc(C(=O)O)c1. The van der Waals surface area contributed by atoms with E-state index in [2.05, 4.69) is 0 Å². The molecule has 0 aromatic carbocycles. The molecule has 0 saturated carbocycles. The van der Waals surface area contributed by atoms with Crippen LogP contribution in [-0.4, -0.2) is 36.8 Å². The zero-order valence-corrected chi connectivity index (χ0v) is 11.8. The van der Waals surface area contributed by atoms with E-state index in [0.29, 0.717) is 12.2 Å². The third-order valence-corrected chi connectivity index (χ3v) is 6.12. The summed E-state index contributed by atoms with van der Waals surface area (Å²) in [5.74, 6) is -0.111. The van der Waals surface area contributed by atoms with Crippen LogP contribution >= 0.6 is 23.1 Å². The number of hydrogen-bond donors (Lipinski definition) is 1. The summed E-state index contributed by atoms with van der Waals surface area (Å²) in [6, 6.07) is 1.57. The Morgan fingerprint density at radius 3 is 2.71 bits per heavy atom. The normalized spacial score (nSPS) is 11.6. The van der Waals surface area contributed by atoms with Crippen LogP contribution in [0.25, 0.3) is 0 Å². The van der Waals surface area contributed by atoms with Crippen molar-refractivity contribution in [1.29, 1.82) is 0 Å². The third kappa shape index (κ3) is 5.10. The van der Waals surface area contributed by atoms with Gasteiger partial charge in [-0.2, -0.15) is 0 Å². The summed E-state index contributed by atoms with van der Waals surface area (Å²) in [7, 11) is -2.95. The molecule has 0 aliphatic carbocycles. The Bertz CT molecular complexity index is 475. The fraction of sp³-hybridized carbons (Fsp3) is 0.500. The van der Waals surface area contributed by atoms with Crippen LogP contribution in [0.4, 0.5) is 0 Å². The van der Waals surface area contributed by atoms with E-state index in [-0.39, 0.29) is 16.4 Å². The van der Waals surface area contributed by atoms with Crippen molar-refractivity contribution in [3.8, 4) is 0 Å². The highest BCUT2D eigenvalue weighted by atomic mass is 32.2. The van der Waals surface area contributed by atoms with Crippen LogP contribution in [0, 0.1) is 0 Å². The number of carboxylic acids is 1. The predicted octanol–water partition coefficient (Wildman–Crippen LogP) is 2.36. The van der Waals surface area contributed by atoms with Crippen molar-refractivity contribution in [2.24, 2.45) is 0 Å². The minimum atomic E-state index is -2.95. The highest BCUT2D eigenvalue weighted by Gasteiger charge is 2.11. The minimum absolute atomic E-state index is 0.143. The second-order valence-electron chi connectivity index (χ2n) is 3.45. The Balaban J connectivity index is 2.43. The molecule has 0 unspecified atom stereocenters. The van der Waals surface area contributed by atoms with Crippen molar-refractivity contribution in [2.45, 2.75) is 18.2 Å². The van der Waals surface area contributed by atoms with E-state index >= 15 is 0 Å². The van der Waals surface area contributed by atoms with E-state index < -0.39 is 15.8 Å². The molecule has 0 radical (unpaired) electrons. The van der Waals surface area contributed by atoms with Crippen LogP contribution < -0.4 is 0 Å². The van der Waals surface area contributed by atoms with E-state index in [9.17, 15) is 13.2 Å². The smallest absolute Gasteiger partial charge is 0.345 e. The molecule has 1 aromatic heterocycles. The fourth-order valence-corrected chi connectivity index (χ4v) is 4.92. The van der Waals surface area contributed by atoms with Gasteiger partial charge in [-0.1, -0.05) is 6.92 Å². The van der Waals surface area contributed by atoms with Gasteiger partial charge in [0.2, 0.25) is 0 Å². The molecule has 7 heteroatoms. The molecule has 1 N–H and O–H groups in total. The molecule has 1 heterocycles. The molecule has 0 aliphatic heterocycles. The lowest BCUT2D eigenvalue weighted by Gasteiger charge is -2.01. The number of rotatable bonds is 7. The summed E-state index contributed by atoms with van der Waals surface area (Å²) in [6.07, 6.45) is 0.634. The summed E-state index contributed by atoms with van der Waals surface area (Å²) in [6.45, 7) is 1.84. The first kappa shape index (κ1) is 14.5. The quantitative estimate of drug-likeness (QED) is 0.782. The molecule has 0 atom stereocenters. The topological polar surface area (TPSA) is 71.4 Å². The Kier molecular flexibility index (Phi) is 5.48. The minimum Gasteiger partial charge on any atom is -0.477 e. The van der Waals surface area contributed by atoms with E-state index in [4.69, 9.17) is 5.11 Å². The maximum Gasteiger partial charge on any atom is 0.345 e. The molecule has 1 rings (SSSR count). The van der Waals surface area contributed by atoms with Gasteiger partial charge in [0.25, 0.3) is 0 Å². The first-order valence-electron chi connectivity index (χ1n) is 5.09. The molecular formula is C10H14O4S3. The maximum absolute atomic E-state index is 11.4. The number of carbonyl (C=O) groups is 1. The number of hydrogen-bond acceptors (Lipinski definition) is 5. The van der Waals surface area contributed by atoms with Crippen LogP contribution in [0.3, 0.4) is 0 Å². The van der Waals surface area contributed by atoms with Crippen LogP contribution in [0.15, 0.2) is 16.3 Å². The molecule has 0 saturated heterocycles. The summed E-state index contributed by atoms with van der Waals surface area (Å²) < 4.78 is 22.9. The number of carboxylic acid groups (broad SMARTS) is 1. The molecule has 0 aliphatic rings. The van der Waals surface area contributed by atoms with Crippen molar-refractivity contribution in [3.05, 3.63) is 16.3 Å². The highest BCUT2D eigenvalue weighted by molar-refractivity contribution is 8.00. The molecule has 0 bridgehead atoms. The largest absolute Gasteiger partial charge is 0.477 e. The van der Waals surface area contributed by atoms with Gasteiger partial charge in [0.1, 0.15) is 4.88 Å². The van der Waals surface area contributed by atoms with Crippen molar-refractivity contribution in [3.63, 3.8) is 0 Å². The lowest BCUT2D eigenvalue weighted by molar-refractivity contribution is 0.0702. The lowest BCUT2D eigenvalue weighted by Crippen LogP contribution is -2.11. The van der Waals surface area contributed by atoms with E-state index in [1.165, 1.54) is 11.8 Å². The molecule has 96 valence electrons.